The molecule has 0 N–H and O–H groups in total. The highest BCUT2D eigenvalue weighted by Crippen LogP contribution is 2.11. The van der Waals surface area contributed by atoms with Gasteiger partial charge in [-0.25, -0.2) is 4.98 Å². The number of aryl methyl sites for hydroxylation is 2. The van der Waals surface area contributed by atoms with Gasteiger partial charge < -0.3 is 4.57 Å². The van der Waals surface area contributed by atoms with E-state index in [0.29, 0.717) is 6.54 Å². The highest BCUT2D eigenvalue weighted by Gasteiger charge is 2.02. The molecule has 0 spiro atoms. The fraction of sp³-hybridized carbons (Fsp3) is 0.333. The highest BCUT2D eigenvalue weighted by atomic mass is 32.1. The Morgan fingerprint density at radius 1 is 1.50 bits per heavy atom. The zero-order valence-electron chi connectivity index (χ0n) is 9.43. The van der Waals surface area contributed by atoms with Crippen LogP contribution in [0.2, 0.25) is 0 Å². The summed E-state index contributed by atoms with van der Waals surface area (Å²) >= 11 is 1.61. The van der Waals surface area contributed by atoms with E-state index >= 15 is 0 Å². The SMILES string of the molecule is CCc1csc(Cn2ccc(C)cc2=O)n1. The van der Waals surface area contributed by atoms with E-state index in [1.807, 2.05) is 19.2 Å². The van der Waals surface area contributed by atoms with Crippen molar-refractivity contribution in [3.05, 3.63) is 50.3 Å². The van der Waals surface area contributed by atoms with Crippen molar-refractivity contribution in [3.63, 3.8) is 0 Å². The average Bonchev–Trinajstić information content (AvgIpc) is 2.70. The van der Waals surface area contributed by atoms with E-state index in [1.54, 1.807) is 22.0 Å². The number of nitrogens with zero attached hydrogens (tertiary/aromatic N) is 2. The molecule has 0 atom stereocenters. The third kappa shape index (κ3) is 2.39. The number of hydrogen-bond acceptors (Lipinski definition) is 3. The quantitative estimate of drug-likeness (QED) is 0.816. The molecule has 0 aliphatic heterocycles. The number of hydrogen-bond donors (Lipinski definition) is 0. The third-order valence-corrected chi connectivity index (χ3v) is 3.30. The fourth-order valence-corrected chi connectivity index (χ4v) is 2.34. The van der Waals surface area contributed by atoms with E-state index in [-0.39, 0.29) is 5.56 Å². The van der Waals surface area contributed by atoms with Crippen molar-refractivity contribution >= 4 is 11.3 Å². The van der Waals surface area contributed by atoms with E-state index in [1.165, 1.54) is 0 Å². The summed E-state index contributed by atoms with van der Waals surface area (Å²) in [6.45, 7) is 4.57. The van der Waals surface area contributed by atoms with Gasteiger partial charge in [-0.05, 0) is 25.0 Å². The smallest absolute Gasteiger partial charge is 0.251 e. The minimum atomic E-state index is 0.0354. The molecule has 0 radical (unpaired) electrons. The summed E-state index contributed by atoms with van der Waals surface area (Å²) in [6.07, 6.45) is 2.77. The van der Waals surface area contributed by atoms with Gasteiger partial charge in [0.15, 0.2) is 0 Å². The minimum Gasteiger partial charge on any atom is -0.309 e. The lowest BCUT2D eigenvalue weighted by Crippen LogP contribution is -2.19. The van der Waals surface area contributed by atoms with Crippen molar-refractivity contribution in [3.8, 4) is 0 Å². The van der Waals surface area contributed by atoms with Gasteiger partial charge in [-0.2, -0.15) is 0 Å². The summed E-state index contributed by atoms with van der Waals surface area (Å²) in [6, 6.07) is 3.59. The summed E-state index contributed by atoms with van der Waals surface area (Å²) in [7, 11) is 0. The number of rotatable bonds is 3. The molecule has 0 aliphatic rings. The number of thiazole rings is 1. The highest BCUT2D eigenvalue weighted by molar-refractivity contribution is 7.09. The van der Waals surface area contributed by atoms with Gasteiger partial charge in [-0.15, -0.1) is 11.3 Å². The van der Waals surface area contributed by atoms with E-state index < -0.39 is 0 Å². The van der Waals surface area contributed by atoms with Crippen LogP contribution in [0.1, 0.15) is 23.2 Å². The molecule has 84 valence electrons. The number of pyridine rings is 1. The first kappa shape index (κ1) is 11.1. The molecule has 0 aliphatic carbocycles. The Hall–Kier alpha value is -1.42. The van der Waals surface area contributed by atoms with Crippen LogP contribution in [0.25, 0.3) is 0 Å². The molecular formula is C12H14N2OS. The normalized spacial score (nSPS) is 10.6. The van der Waals surface area contributed by atoms with Crippen LogP contribution in [0.15, 0.2) is 28.5 Å². The summed E-state index contributed by atoms with van der Waals surface area (Å²) in [5.74, 6) is 0. The molecule has 4 heteroatoms. The Morgan fingerprint density at radius 2 is 2.31 bits per heavy atom. The standard InChI is InChI=1S/C12H14N2OS/c1-3-10-8-16-11(13-10)7-14-5-4-9(2)6-12(14)15/h4-6,8H,3,7H2,1-2H3. The van der Waals surface area contributed by atoms with Crippen molar-refractivity contribution in [2.45, 2.75) is 26.8 Å². The van der Waals surface area contributed by atoms with E-state index in [4.69, 9.17) is 0 Å². The van der Waals surface area contributed by atoms with Crippen molar-refractivity contribution in [1.82, 2.24) is 9.55 Å². The summed E-state index contributed by atoms with van der Waals surface area (Å²) in [4.78, 5) is 16.1. The van der Waals surface area contributed by atoms with E-state index in [0.717, 1.165) is 22.7 Å². The summed E-state index contributed by atoms with van der Waals surface area (Å²) < 4.78 is 1.69. The molecule has 2 aromatic rings. The summed E-state index contributed by atoms with van der Waals surface area (Å²) in [5, 5.41) is 3.04. The second-order valence-electron chi connectivity index (χ2n) is 3.76. The number of aromatic nitrogens is 2. The van der Waals surface area contributed by atoms with E-state index in [9.17, 15) is 4.79 Å². The Morgan fingerprint density at radius 3 is 2.94 bits per heavy atom. The van der Waals surface area contributed by atoms with Gasteiger partial charge in [0.1, 0.15) is 5.01 Å². The zero-order valence-corrected chi connectivity index (χ0v) is 10.3. The van der Waals surface area contributed by atoms with Crippen LogP contribution in [0.4, 0.5) is 0 Å². The van der Waals surface area contributed by atoms with Gasteiger partial charge in [0.2, 0.25) is 0 Å². The third-order valence-electron chi connectivity index (χ3n) is 2.42. The lowest BCUT2D eigenvalue weighted by atomic mass is 10.3. The molecule has 0 bridgehead atoms. The van der Waals surface area contributed by atoms with Gasteiger partial charge >= 0.3 is 0 Å². The molecule has 2 heterocycles. The molecule has 2 rings (SSSR count). The van der Waals surface area contributed by atoms with Crippen molar-refractivity contribution in [1.29, 1.82) is 0 Å². The van der Waals surface area contributed by atoms with E-state index in [2.05, 4.69) is 17.3 Å². The molecule has 3 nitrogen and oxygen atoms in total. The Bertz CT molecular complexity index is 542. The largest absolute Gasteiger partial charge is 0.309 e. The monoisotopic (exact) mass is 234 g/mol. The second kappa shape index (κ2) is 4.61. The van der Waals surface area contributed by atoms with Crippen molar-refractivity contribution < 1.29 is 0 Å². The first-order valence-corrected chi connectivity index (χ1v) is 6.17. The predicted molar refractivity (Wildman–Crippen MR) is 66.0 cm³/mol. The van der Waals surface area contributed by atoms with Crippen molar-refractivity contribution in [2.75, 3.05) is 0 Å². The minimum absolute atomic E-state index is 0.0354. The van der Waals surface area contributed by atoms with Gasteiger partial charge in [-0.1, -0.05) is 6.92 Å². The molecule has 0 amide bonds. The van der Waals surface area contributed by atoms with Crippen LogP contribution in [-0.4, -0.2) is 9.55 Å². The van der Waals surface area contributed by atoms with Crippen molar-refractivity contribution in [2.24, 2.45) is 0 Å². The molecule has 0 saturated heterocycles. The lowest BCUT2D eigenvalue weighted by Gasteiger charge is -2.02. The maximum Gasteiger partial charge on any atom is 0.251 e. The van der Waals surface area contributed by atoms with Gasteiger partial charge in [0, 0.05) is 17.6 Å². The average molecular weight is 234 g/mol. The summed E-state index contributed by atoms with van der Waals surface area (Å²) in [5.41, 5.74) is 2.13. The molecule has 0 saturated carbocycles. The van der Waals surface area contributed by atoms with Crippen LogP contribution >= 0.6 is 11.3 Å². The zero-order chi connectivity index (χ0) is 11.5. The van der Waals surface area contributed by atoms with Crippen LogP contribution < -0.4 is 5.56 Å². The second-order valence-corrected chi connectivity index (χ2v) is 4.70. The lowest BCUT2D eigenvalue weighted by molar-refractivity contribution is 0.748. The maximum atomic E-state index is 11.7. The molecule has 16 heavy (non-hydrogen) atoms. The fourth-order valence-electron chi connectivity index (χ4n) is 1.47. The Labute approximate surface area is 98.4 Å². The van der Waals surface area contributed by atoms with Crippen LogP contribution in [0.5, 0.6) is 0 Å². The molecule has 0 fully saturated rings. The Kier molecular flexibility index (Phi) is 3.19. The van der Waals surface area contributed by atoms with Crippen LogP contribution in [-0.2, 0) is 13.0 Å². The van der Waals surface area contributed by atoms with Crippen LogP contribution in [0.3, 0.4) is 0 Å². The molecule has 2 aromatic heterocycles. The van der Waals surface area contributed by atoms with Gasteiger partial charge in [0.25, 0.3) is 5.56 Å². The molecular weight excluding hydrogens is 220 g/mol. The predicted octanol–water partition coefficient (Wildman–Crippen LogP) is 2.22. The maximum absolute atomic E-state index is 11.7. The molecule has 0 unspecified atom stereocenters. The molecule has 0 aromatic carbocycles. The van der Waals surface area contributed by atoms with Crippen LogP contribution in [0, 0.1) is 6.92 Å². The van der Waals surface area contributed by atoms with Gasteiger partial charge in [-0.3, -0.25) is 4.79 Å². The first-order valence-electron chi connectivity index (χ1n) is 5.29. The first-order chi connectivity index (χ1) is 7.69. The van der Waals surface area contributed by atoms with Gasteiger partial charge in [0.05, 0.1) is 12.2 Å². The topological polar surface area (TPSA) is 34.9 Å². The Balaban J connectivity index is 2.23.